The summed E-state index contributed by atoms with van der Waals surface area (Å²) in [6.45, 7) is 2.96. The molecule has 23 heavy (non-hydrogen) atoms. The summed E-state index contributed by atoms with van der Waals surface area (Å²) in [5, 5.41) is 8.33. The minimum Gasteiger partial charge on any atom is -0.337 e. The standard InChI is InChI=1S/C17H18N3O2P/c1-11-14-4-7-20(10-12-2-5-19-6-3-12)16(22)17(14,23)8-13(9-18)15(11)21/h2-3,5-6,8,11,14H,4,7,10,23H2,1H3/t11-,14-,17+/m1/s1. The normalized spacial score (nSPS) is 30.5. The second-order valence-corrected chi connectivity index (χ2v) is 7.19. The Kier molecular flexibility index (Phi) is 4.04. The Balaban J connectivity index is 1.92. The van der Waals surface area contributed by atoms with E-state index in [1.807, 2.05) is 25.1 Å². The molecular formula is C17H18N3O2P. The van der Waals surface area contributed by atoms with Crippen molar-refractivity contribution in [3.63, 3.8) is 0 Å². The number of nitriles is 1. The molecule has 1 unspecified atom stereocenters. The smallest absolute Gasteiger partial charge is 0.237 e. The average Bonchev–Trinajstić information content (AvgIpc) is 2.56. The van der Waals surface area contributed by atoms with Crippen LogP contribution in [0.1, 0.15) is 18.9 Å². The highest BCUT2D eigenvalue weighted by Crippen LogP contribution is 2.46. The average molecular weight is 327 g/mol. The molecule has 5 nitrogen and oxygen atoms in total. The van der Waals surface area contributed by atoms with Gasteiger partial charge in [0.1, 0.15) is 6.07 Å². The quantitative estimate of drug-likeness (QED) is 0.775. The molecule has 1 aliphatic heterocycles. The molecule has 3 rings (SSSR count). The van der Waals surface area contributed by atoms with Crippen molar-refractivity contribution >= 4 is 20.9 Å². The second-order valence-electron chi connectivity index (χ2n) is 6.23. The Hall–Kier alpha value is -2.05. The number of carbonyl (C=O) groups is 2. The Labute approximate surface area is 137 Å². The van der Waals surface area contributed by atoms with E-state index in [1.54, 1.807) is 23.4 Å². The Morgan fingerprint density at radius 3 is 2.78 bits per heavy atom. The lowest BCUT2D eigenvalue weighted by Gasteiger charge is -2.47. The van der Waals surface area contributed by atoms with E-state index < -0.39 is 5.16 Å². The highest BCUT2D eigenvalue weighted by atomic mass is 31.0. The summed E-state index contributed by atoms with van der Waals surface area (Å²) in [7, 11) is 2.61. The van der Waals surface area contributed by atoms with Gasteiger partial charge in [0, 0.05) is 31.4 Å². The number of ketones is 1. The fraction of sp³-hybridized carbons (Fsp3) is 0.412. The first-order valence-corrected chi connectivity index (χ1v) is 8.19. The summed E-state index contributed by atoms with van der Waals surface area (Å²) >= 11 is 0. The van der Waals surface area contributed by atoms with Crippen LogP contribution in [0.2, 0.25) is 0 Å². The number of carbonyl (C=O) groups excluding carboxylic acids is 2. The van der Waals surface area contributed by atoms with Crippen LogP contribution in [-0.4, -0.2) is 33.3 Å². The SMILES string of the molecule is C[C@H]1C(=O)C(C#N)=C[C@@]2(P)C(=O)N(Cc3ccncc3)CC[C@H]12. The number of nitrogens with zero attached hydrogens (tertiary/aromatic N) is 3. The Morgan fingerprint density at radius 1 is 1.43 bits per heavy atom. The molecule has 2 aliphatic rings. The van der Waals surface area contributed by atoms with Gasteiger partial charge in [0.05, 0.1) is 10.7 Å². The van der Waals surface area contributed by atoms with Crippen molar-refractivity contribution in [1.82, 2.24) is 9.88 Å². The fourth-order valence-electron chi connectivity index (χ4n) is 3.59. The van der Waals surface area contributed by atoms with Gasteiger partial charge in [-0.3, -0.25) is 14.6 Å². The maximum atomic E-state index is 13.0. The van der Waals surface area contributed by atoms with Crippen molar-refractivity contribution in [3.05, 3.63) is 41.7 Å². The van der Waals surface area contributed by atoms with E-state index in [9.17, 15) is 14.9 Å². The number of pyridine rings is 1. The molecule has 6 heteroatoms. The maximum Gasteiger partial charge on any atom is 0.237 e. The lowest BCUT2D eigenvalue weighted by Crippen LogP contribution is -2.58. The van der Waals surface area contributed by atoms with Gasteiger partial charge in [-0.2, -0.15) is 5.26 Å². The molecule has 118 valence electrons. The van der Waals surface area contributed by atoms with Gasteiger partial charge in [0.15, 0.2) is 5.78 Å². The van der Waals surface area contributed by atoms with Crippen LogP contribution < -0.4 is 0 Å². The minimum atomic E-state index is -0.857. The summed E-state index contributed by atoms with van der Waals surface area (Å²) < 4.78 is 0. The topological polar surface area (TPSA) is 74.1 Å². The van der Waals surface area contributed by atoms with Gasteiger partial charge < -0.3 is 4.90 Å². The maximum absolute atomic E-state index is 13.0. The number of rotatable bonds is 2. The van der Waals surface area contributed by atoms with E-state index in [0.717, 1.165) is 12.0 Å². The van der Waals surface area contributed by atoms with Gasteiger partial charge in [-0.1, -0.05) is 6.92 Å². The summed E-state index contributed by atoms with van der Waals surface area (Å²) in [6, 6.07) is 5.72. The first-order chi connectivity index (χ1) is 11.0. The fourth-order valence-corrected chi connectivity index (χ4v) is 4.39. The lowest BCUT2D eigenvalue weighted by atomic mass is 9.69. The molecule has 1 fully saturated rings. The molecule has 1 amide bonds. The van der Waals surface area contributed by atoms with E-state index in [-0.39, 0.29) is 29.1 Å². The van der Waals surface area contributed by atoms with Crippen LogP contribution in [0.3, 0.4) is 0 Å². The molecule has 0 bridgehead atoms. The lowest BCUT2D eigenvalue weighted by molar-refractivity contribution is -0.140. The molecule has 4 atom stereocenters. The summed E-state index contributed by atoms with van der Waals surface area (Å²) in [5.74, 6) is -0.564. The van der Waals surface area contributed by atoms with Crippen molar-refractivity contribution in [2.75, 3.05) is 6.54 Å². The molecule has 1 aromatic heterocycles. The van der Waals surface area contributed by atoms with Crippen molar-refractivity contribution in [1.29, 1.82) is 5.26 Å². The molecule has 0 aromatic carbocycles. The van der Waals surface area contributed by atoms with Gasteiger partial charge in [-0.25, -0.2) is 0 Å². The third-order valence-electron chi connectivity index (χ3n) is 4.89. The molecular weight excluding hydrogens is 309 g/mol. The first kappa shape index (κ1) is 15.8. The van der Waals surface area contributed by atoms with Gasteiger partial charge in [0.25, 0.3) is 0 Å². The zero-order valence-corrected chi connectivity index (χ0v) is 14.1. The molecule has 0 saturated carbocycles. The zero-order chi connectivity index (χ0) is 16.6. The summed E-state index contributed by atoms with van der Waals surface area (Å²) in [6.07, 6.45) is 5.73. The van der Waals surface area contributed by atoms with Gasteiger partial charge in [0.2, 0.25) is 5.91 Å². The third kappa shape index (κ3) is 2.58. The van der Waals surface area contributed by atoms with E-state index in [2.05, 4.69) is 14.2 Å². The number of aromatic nitrogens is 1. The molecule has 0 radical (unpaired) electrons. The second kappa shape index (κ2) is 5.86. The van der Waals surface area contributed by atoms with E-state index in [4.69, 9.17) is 0 Å². The summed E-state index contributed by atoms with van der Waals surface area (Å²) in [4.78, 5) is 31.0. The highest BCUT2D eigenvalue weighted by Gasteiger charge is 2.52. The van der Waals surface area contributed by atoms with Gasteiger partial charge in [-0.05, 0) is 36.1 Å². The largest absolute Gasteiger partial charge is 0.337 e. The number of Topliss-reactive ketones (excluding diaryl/α,β-unsaturated/α-hetero) is 1. The third-order valence-corrected chi connectivity index (χ3v) is 5.73. The molecule has 2 heterocycles. The van der Waals surface area contributed by atoms with Gasteiger partial charge in [-0.15, -0.1) is 9.24 Å². The van der Waals surface area contributed by atoms with Gasteiger partial charge >= 0.3 is 0 Å². The molecule has 1 saturated heterocycles. The predicted molar refractivity (Wildman–Crippen MR) is 88.1 cm³/mol. The van der Waals surface area contributed by atoms with Crippen LogP contribution in [0, 0.1) is 23.2 Å². The highest BCUT2D eigenvalue weighted by molar-refractivity contribution is 7.21. The van der Waals surface area contributed by atoms with Crippen molar-refractivity contribution < 1.29 is 9.59 Å². The van der Waals surface area contributed by atoms with Crippen molar-refractivity contribution in [2.45, 2.75) is 25.0 Å². The minimum absolute atomic E-state index is 0.0392. The van der Waals surface area contributed by atoms with Crippen LogP contribution >= 0.6 is 9.24 Å². The van der Waals surface area contributed by atoms with Crippen LogP contribution in [0.4, 0.5) is 0 Å². The number of hydrogen-bond donors (Lipinski definition) is 0. The number of allylic oxidation sites excluding steroid dienone is 1. The molecule has 0 N–H and O–H groups in total. The molecule has 1 aromatic rings. The zero-order valence-electron chi connectivity index (χ0n) is 12.9. The predicted octanol–water partition coefficient (Wildman–Crippen LogP) is 1.71. The van der Waals surface area contributed by atoms with E-state index >= 15 is 0 Å². The summed E-state index contributed by atoms with van der Waals surface area (Å²) in [5.41, 5.74) is 1.12. The number of fused-ring (bicyclic) bond motifs is 1. The van der Waals surface area contributed by atoms with Crippen molar-refractivity contribution in [3.8, 4) is 6.07 Å². The number of likely N-dealkylation sites (tertiary alicyclic amines) is 1. The van der Waals surface area contributed by atoms with Crippen LogP contribution in [0.5, 0.6) is 0 Å². The van der Waals surface area contributed by atoms with Crippen LogP contribution in [-0.2, 0) is 16.1 Å². The first-order valence-electron chi connectivity index (χ1n) is 7.61. The number of hydrogen-bond acceptors (Lipinski definition) is 4. The number of piperidine rings is 1. The Morgan fingerprint density at radius 2 is 2.13 bits per heavy atom. The van der Waals surface area contributed by atoms with Crippen LogP contribution in [0.15, 0.2) is 36.2 Å². The molecule has 1 aliphatic carbocycles. The van der Waals surface area contributed by atoms with Crippen molar-refractivity contribution in [2.24, 2.45) is 11.8 Å². The van der Waals surface area contributed by atoms with E-state index in [1.165, 1.54) is 0 Å². The van der Waals surface area contributed by atoms with Crippen LogP contribution in [0.25, 0.3) is 0 Å². The number of amides is 1. The Bertz CT molecular complexity index is 725. The molecule has 0 spiro atoms. The monoisotopic (exact) mass is 327 g/mol. The van der Waals surface area contributed by atoms with E-state index in [0.29, 0.717) is 13.1 Å².